The Hall–Kier alpha value is -3.19. The van der Waals surface area contributed by atoms with Crippen molar-refractivity contribution < 1.29 is 14.4 Å². The lowest BCUT2D eigenvalue weighted by Crippen LogP contribution is -2.56. The van der Waals surface area contributed by atoms with Crippen molar-refractivity contribution in [1.82, 2.24) is 9.91 Å². The minimum Gasteiger partial charge on any atom is -0.350 e. The Morgan fingerprint density at radius 2 is 1.81 bits per heavy atom. The average molecular weight is 438 g/mol. The summed E-state index contributed by atoms with van der Waals surface area (Å²) < 4.78 is 0. The number of fused-ring (bicyclic) bond motifs is 1. The third-order valence-electron chi connectivity index (χ3n) is 5.75. The first-order valence-electron chi connectivity index (χ1n) is 10.0. The smallest absolute Gasteiger partial charge is 0.342 e. The van der Waals surface area contributed by atoms with Crippen LogP contribution in [0.2, 0.25) is 5.02 Å². The zero-order valence-electron chi connectivity index (χ0n) is 16.8. The Balaban J connectivity index is 1.54. The van der Waals surface area contributed by atoms with Crippen LogP contribution in [0.25, 0.3) is 0 Å². The lowest BCUT2D eigenvalue weighted by molar-refractivity contribution is -0.137. The first-order chi connectivity index (χ1) is 14.9. The number of amides is 4. The van der Waals surface area contributed by atoms with Crippen LogP contribution in [0, 0.1) is 11.8 Å². The van der Waals surface area contributed by atoms with Gasteiger partial charge in [0.15, 0.2) is 0 Å². The number of hydrogen-bond acceptors (Lipinski definition) is 4. The van der Waals surface area contributed by atoms with Gasteiger partial charge in [-0.15, -0.1) is 5.01 Å². The first-order valence-corrected chi connectivity index (χ1v) is 10.4. The summed E-state index contributed by atoms with van der Waals surface area (Å²) in [5.74, 6) is -0.638. The lowest BCUT2D eigenvalue weighted by atomic mass is 9.73. The molecule has 0 aliphatic carbocycles. The number of hydrogen-bond donors (Lipinski definition) is 1. The molecule has 2 heterocycles. The van der Waals surface area contributed by atoms with Crippen molar-refractivity contribution >= 4 is 35.2 Å². The highest BCUT2D eigenvalue weighted by Gasteiger charge is 2.55. The molecule has 159 valence electrons. The summed E-state index contributed by atoms with van der Waals surface area (Å²) in [6.45, 7) is 0.574. The minimum atomic E-state index is -1.08. The number of carbonyl (C=O) groups excluding carboxylic acids is 3. The molecule has 0 spiro atoms. The number of likely N-dealkylation sites (tertiary alicyclic amines) is 1. The predicted octanol–water partition coefficient (Wildman–Crippen LogP) is 2.83. The molecule has 1 saturated heterocycles. The monoisotopic (exact) mass is 437 g/mol. The number of benzene rings is 2. The summed E-state index contributed by atoms with van der Waals surface area (Å²) >= 11 is 5.91. The molecule has 2 aliphatic heterocycles. The maximum atomic E-state index is 13.2. The van der Waals surface area contributed by atoms with Gasteiger partial charge in [0, 0.05) is 24.5 Å². The summed E-state index contributed by atoms with van der Waals surface area (Å²) in [5.41, 5.74) is 6.78. The number of primary amides is 1. The van der Waals surface area contributed by atoms with Crippen molar-refractivity contribution in [2.75, 3.05) is 13.1 Å². The normalized spacial score (nSPS) is 20.4. The third-order valence-corrected chi connectivity index (χ3v) is 6.00. The summed E-state index contributed by atoms with van der Waals surface area (Å²) in [6, 6.07) is 15.9. The summed E-state index contributed by atoms with van der Waals surface area (Å²) in [5, 5.41) is 5.60. The van der Waals surface area contributed by atoms with E-state index in [1.807, 2.05) is 42.5 Å². The molecule has 2 N–H and O–H groups in total. The van der Waals surface area contributed by atoms with Gasteiger partial charge in [0.05, 0.1) is 12.1 Å². The molecule has 0 bridgehead atoms. The first kappa shape index (κ1) is 21.1. The molecule has 1 radical (unpaired) electrons. The number of hydrazone groups is 1. The number of carbonyl (C=O) groups is 3. The molecule has 0 aromatic heterocycles. The number of nitrogens with zero attached hydrogens (tertiary/aromatic N) is 3. The van der Waals surface area contributed by atoms with Gasteiger partial charge in [-0.2, -0.15) is 5.10 Å². The van der Waals surface area contributed by atoms with Crippen LogP contribution < -0.4 is 5.73 Å². The van der Waals surface area contributed by atoms with E-state index in [0.717, 1.165) is 16.1 Å². The molecule has 1 fully saturated rings. The maximum absolute atomic E-state index is 13.2. The highest BCUT2D eigenvalue weighted by Crippen LogP contribution is 2.38. The molecular formula is C23H22ClN4O3. The van der Waals surface area contributed by atoms with Crippen molar-refractivity contribution in [2.24, 2.45) is 16.3 Å². The molecule has 31 heavy (non-hydrogen) atoms. The molecule has 2 aromatic rings. The molecule has 2 aliphatic rings. The molecule has 0 saturated carbocycles. The highest BCUT2D eigenvalue weighted by atomic mass is 35.5. The fraction of sp³-hybridized carbons (Fsp3) is 0.261. The maximum Gasteiger partial charge on any atom is 0.342 e. The Labute approximate surface area is 185 Å². The zero-order valence-corrected chi connectivity index (χ0v) is 17.6. The molecular weight excluding hydrogens is 416 g/mol. The van der Waals surface area contributed by atoms with Gasteiger partial charge in [0.2, 0.25) is 5.91 Å². The summed E-state index contributed by atoms with van der Waals surface area (Å²) in [4.78, 5) is 39.6. The van der Waals surface area contributed by atoms with E-state index < -0.39 is 17.4 Å². The molecule has 4 rings (SSSR count). The standard InChI is InChI=1S/C23H22ClN4O3/c24-18-9-6-16(7-10-18)8-11-20(29)27-13-12-19-23(15-27,14-17-4-2-1-3-5-17)21(30)28(26-19)22(25)31/h1-7,9-11H,8,12-15H2,(H2,25,31)/t23-/m0/s1. The largest absolute Gasteiger partial charge is 0.350 e. The topological polar surface area (TPSA) is 96.1 Å². The number of halogens is 1. The van der Waals surface area contributed by atoms with Crippen molar-refractivity contribution in [3.63, 3.8) is 0 Å². The van der Waals surface area contributed by atoms with Crippen molar-refractivity contribution in [3.05, 3.63) is 77.2 Å². The highest BCUT2D eigenvalue weighted by molar-refractivity contribution is 6.30. The van der Waals surface area contributed by atoms with Crippen LogP contribution in [-0.2, 0) is 22.4 Å². The van der Waals surface area contributed by atoms with Gasteiger partial charge in [-0.1, -0.05) is 54.1 Å². The SMILES string of the molecule is NC(=O)N1N=C2CCN(C(=O)[CH]Cc3ccc(Cl)cc3)C[C@]2(Cc2ccccc2)C1=O. The fourth-order valence-electron chi connectivity index (χ4n) is 4.15. The van der Waals surface area contributed by atoms with E-state index in [0.29, 0.717) is 36.5 Å². The van der Waals surface area contributed by atoms with Gasteiger partial charge < -0.3 is 10.6 Å². The van der Waals surface area contributed by atoms with Gasteiger partial charge in [0.25, 0.3) is 5.91 Å². The van der Waals surface area contributed by atoms with Crippen molar-refractivity contribution in [2.45, 2.75) is 19.3 Å². The average Bonchev–Trinajstić information content (AvgIpc) is 3.05. The van der Waals surface area contributed by atoms with E-state index in [-0.39, 0.29) is 12.5 Å². The number of rotatable bonds is 5. The van der Waals surface area contributed by atoms with Crippen LogP contribution in [-0.4, -0.2) is 46.6 Å². The zero-order chi connectivity index (χ0) is 22.0. The Morgan fingerprint density at radius 1 is 1.10 bits per heavy atom. The molecule has 4 amide bonds. The number of piperidine rings is 1. The van der Waals surface area contributed by atoms with E-state index in [1.54, 1.807) is 23.5 Å². The van der Waals surface area contributed by atoms with Crippen LogP contribution in [0.5, 0.6) is 0 Å². The predicted molar refractivity (Wildman–Crippen MR) is 117 cm³/mol. The van der Waals surface area contributed by atoms with E-state index in [9.17, 15) is 14.4 Å². The Morgan fingerprint density at radius 3 is 2.48 bits per heavy atom. The van der Waals surface area contributed by atoms with Crippen LogP contribution in [0.3, 0.4) is 0 Å². The quantitative estimate of drug-likeness (QED) is 0.778. The number of nitrogens with two attached hydrogens (primary N) is 1. The Kier molecular flexibility index (Phi) is 5.78. The summed E-state index contributed by atoms with van der Waals surface area (Å²) in [7, 11) is 0. The molecule has 8 heteroatoms. The molecule has 1 atom stereocenters. The van der Waals surface area contributed by atoms with E-state index in [4.69, 9.17) is 17.3 Å². The second-order valence-corrected chi connectivity index (χ2v) is 8.23. The van der Waals surface area contributed by atoms with Crippen LogP contribution in [0.4, 0.5) is 4.79 Å². The third kappa shape index (κ3) is 4.18. The number of urea groups is 1. The molecule has 7 nitrogen and oxygen atoms in total. The summed E-state index contributed by atoms with van der Waals surface area (Å²) in [6.07, 6.45) is 2.81. The van der Waals surface area contributed by atoms with Gasteiger partial charge in [-0.3, -0.25) is 9.59 Å². The lowest BCUT2D eigenvalue weighted by Gasteiger charge is -2.39. The molecule has 2 aromatic carbocycles. The second-order valence-electron chi connectivity index (χ2n) is 7.79. The van der Waals surface area contributed by atoms with E-state index in [2.05, 4.69) is 5.10 Å². The van der Waals surface area contributed by atoms with Gasteiger partial charge in [0.1, 0.15) is 5.41 Å². The van der Waals surface area contributed by atoms with E-state index >= 15 is 0 Å². The minimum absolute atomic E-state index is 0.152. The van der Waals surface area contributed by atoms with E-state index in [1.165, 1.54) is 0 Å². The number of imide groups is 1. The van der Waals surface area contributed by atoms with Crippen molar-refractivity contribution in [3.8, 4) is 0 Å². The van der Waals surface area contributed by atoms with Crippen molar-refractivity contribution in [1.29, 1.82) is 0 Å². The van der Waals surface area contributed by atoms with Crippen LogP contribution in [0.15, 0.2) is 59.7 Å². The van der Waals surface area contributed by atoms with Gasteiger partial charge >= 0.3 is 6.03 Å². The Bertz CT molecular complexity index is 1040. The second kappa shape index (κ2) is 8.51. The van der Waals surface area contributed by atoms with Crippen LogP contribution in [0.1, 0.15) is 17.5 Å². The molecule has 0 unspecified atom stereocenters. The fourth-order valence-corrected chi connectivity index (χ4v) is 4.28. The van der Waals surface area contributed by atoms with Crippen LogP contribution >= 0.6 is 11.6 Å². The van der Waals surface area contributed by atoms with Gasteiger partial charge in [-0.25, -0.2) is 4.79 Å². The van der Waals surface area contributed by atoms with Gasteiger partial charge in [-0.05, 0) is 36.1 Å².